The fourth-order valence-electron chi connectivity index (χ4n) is 2.68. The van der Waals surface area contributed by atoms with Gasteiger partial charge in [-0.1, -0.05) is 24.3 Å². The molecule has 0 spiro atoms. The summed E-state index contributed by atoms with van der Waals surface area (Å²) >= 11 is 0. The van der Waals surface area contributed by atoms with Gasteiger partial charge in [0, 0.05) is 26.1 Å². The molecule has 6 heteroatoms. The molecule has 3 rings (SSSR count). The Bertz CT molecular complexity index is 743. The first-order valence-corrected chi connectivity index (χ1v) is 7.83. The maximum absolute atomic E-state index is 12.3. The summed E-state index contributed by atoms with van der Waals surface area (Å²) in [5.41, 5.74) is 3.08. The largest absolute Gasteiger partial charge is 0.468 e. The first kappa shape index (κ1) is 16.0. The molecule has 1 aromatic carbocycles. The van der Waals surface area contributed by atoms with E-state index < -0.39 is 0 Å². The van der Waals surface area contributed by atoms with Crippen LogP contribution in [0.3, 0.4) is 0 Å². The van der Waals surface area contributed by atoms with Crippen molar-refractivity contribution in [2.45, 2.75) is 19.9 Å². The highest BCUT2D eigenvalue weighted by molar-refractivity contribution is 5.88. The topological polar surface area (TPSA) is 71.5 Å². The summed E-state index contributed by atoms with van der Waals surface area (Å²) < 4.78 is 5.45. The average Bonchev–Trinajstić information content (AvgIpc) is 2.60. The summed E-state index contributed by atoms with van der Waals surface area (Å²) in [5, 5.41) is 2.63. The van der Waals surface area contributed by atoms with E-state index in [1.807, 2.05) is 12.1 Å². The molecule has 2 aromatic rings. The highest BCUT2D eigenvalue weighted by atomic mass is 16.5. The minimum Gasteiger partial charge on any atom is -0.468 e. The Kier molecular flexibility index (Phi) is 4.74. The summed E-state index contributed by atoms with van der Waals surface area (Å²) in [6.07, 6.45) is 2.37. The van der Waals surface area contributed by atoms with Crippen molar-refractivity contribution in [3.8, 4) is 5.88 Å². The van der Waals surface area contributed by atoms with E-state index in [1.165, 1.54) is 24.2 Å². The van der Waals surface area contributed by atoms with Gasteiger partial charge in [-0.3, -0.25) is 9.59 Å². The fraction of sp³-hybridized carbons (Fsp3) is 0.278. The zero-order chi connectivity index (χ0) is 16.9. The standard InChI is InChI=1S/C18H19N3O3/c1-13(22)20-16-6-7-17(19-10-16)24-12-18(23)21-9-8-14-4-2-3-5-15(14)11-21/h2-7,10H,8-9,11-12H2,1H3,(H,20,22). The molecule has 0 saturated carbocycles. The van der Waals surface area contributed by atoms with E-state index in [0.717, 1.165) is 6.42 Å². The Labute approximate surface area is 140 Å². The third-order valence-electron chi connectivity index (χ3n) is 3.88. The van der Waals surface area contributed by atoms with Crippen molar-refractivity contribution < 1.29 is 14.3 Å². The summed E-state index contributed by atoms with van der Waals surface area (Å²) in [6, 6.07) is 11.5. The number of carbonyl (C=O) groups is 2. The lowest BCUT2D eigenvalue weighted by Crippen LogP contribution is -2.38. The molecule has 0 atom stereocenters. The SMILES string of the molecule is CC(=O)Nc1ccc(OCC(=O)N2CCc3ccccc3C2)nc1. The third kappa shape index (κ3) is 3.90. The number of amides is 2. The number of nitrogens with zero attached hydrogens (tertiary/aromatic N) is 2. The van der Waals surface area contributed by atoms with E-state index >= 15 is 0 Å². The Morgan fingerprint density at radius 2 is 2.00 bits per heavy atom. The van der Waals surface area contributed by atoms with Crippen molar-refractivity contribution in [1.29, 1.82) is 0 Å². The summed E-state index contributed by atoms with van der Waals surface area (Å²) in [6.45, 7) is 2.70. The number of ether oxygens (including phenoxy) is 1. The monoisotopic (exact) mass is 325 g/mol. The van der Waals surface area contributed by atoms with Crippen LogP contribution in [-0.2, 0) is 22.6 Å². The van der Waals surface area contributed by atoms with Crippen LogP contribution in [0.25, 0.3) is 0 Å². The lowest BCUT2D eigenvalue weighted by molar-refractivity contribution is -0.134. The van der Waals surface area contributed by atoms with Crippen molar-refractivity contribution >= 4 is 17.5 Å². The van der Waals surface area contributed by atoms with E-state index in [4.69, 9.17) is 4.74 Å². The Morgan fingerprint density at radius 1 is 1.21 bits per heavy atom. The summed E-state index contributed by atoms with van der Waals surface area (Å²) in [4.78, 5) is 29.1. The molecular formula is C18H19N3O3. The van der Waals surface area contributed by atoms with Crippen LogP contribution >= 0.6 is 0 Å². The van der Waals surface area contributed by atoms with Gasteiger partial charge in [0.25, 0.3) is 5.91 Å². The van der Waals surface area contributed by atoms with Crippen molar-refractivity contribution in [1.82, 2.24) is 9.88 Å². The van der Waals surface area contributed by atoms with E-state index in [0.29, 0.717) is 24.7 Å². The second-order valence-electron chi connectivity index (χ2n) is 5.69. The molecule has 0 bridgehead atoms. The smallest absolute Gasteiger partial charge is 0.260 e. The van der Waals surface area contributed by atoms with E-state index in [9.17, 15) is 9.59 Å². The van der Waals surface area contributed by atoms with Crippen LogP contribution in [-0.4, -0.2) is 34.8 Å². The van der Waals surface area contributed by atoms with Crippen molar-refractivity contribution in [2.24, 2.45) is 0 Å². The van der Waals surface area contributed by atoms with Crippen LogP contribution in [0.5, 0.6) is 5.88 Å². The molecule has 124 valence electrons. The highest BCUT2D eigenvalue weighted by Crippen LogP contribution is 2.19. The van der Waals surface area contributed by atoms with Gasteiger partial charge < -0.3 is 15.0 Å². The van der Waals surface area contributed by atoms with Crippen molar-refractivity contribution in [2.75, 3.05) is 18.5 Å². The molecule has 2 heterocycles. The van der Waals surface area contributed by atoms with Crippen LogP contribution in [0.2, 0.25) is 0 Å². The van der Waals surface area contributed by atoms with E-state index in [1.54, 1.807) is 17.0 Å². The molecule has 24 heavy (non-hydrogen) atoms. The number of hydrogen-bond acceptors (Lipinski definition) is 4. The van der Waals surface area contributed by atoms with Gasteiger partial charge in [0.15, 0.2) is 6.61 Å². The van der Waals surface area contributed by atoms with Gasteiger partial charge >= 0.3 is 0 Å². The molecular weight excluding hydrogens is 306 g/mol. The number of pyridine rings is 1. The molecule has 0 aliphatic carbocycles. The van der Waals surface area contributed by atoms with Gasteiger partial charge in [0.2, 0.25) is 11.8 Å². The molecule has 1 aliphatic rings. The van der Waals surface area contributed by atoms with Gasteiger partial charge in [-0.15, -0.1) is 0 Å². The van der Waals surface area contributed by atoms with Crippen LogP contribution < -0.4 is 10.1 Å². The zero-order valence-corrected chi connectivity index (χ0v) is 13.5. The molecule has 1 aromatic heterocycles. The first-order chi connectivity index (χ1) is 11.6. The summed E-state index contributed by atoms with van der Waals surface area (Å²) in [5.74, 6) is 0.137. The molecule has 0 radical (unpaired) electrons. The van der Waals surface area contributed by atoms with Crippen molar-refractivity contribution in [3.63, 3.8) is 0 Å². The maximum atomic E-state index is 12.3. The molecule has 0 fully saturated rings. The lowest BCUT2D eigenvalue weighted by atomic mass is 10.00. The number of fused-ring (bicyclic) bond motifs is 1. The molecule has 1 aliphatic heterocycles. The van der Waals surface area contributed by atoms with Gasteiger partial charge in [0.05, 0.1) is 11.9 Å². The molecule has 0 saturated heterocycles. The number of benzene rings is 1. The first-order valence-electron chi connectivity index (χ1n) is 7.83. The predicted molar refractivity (Wildman–Crippen MR) is 89.6 cm³/mol. The minimum atomic E-state index is -0.161. The van der Waals surface area contributed by atoms with Crippen molar-refractivity contribution in [3.05, 3.63) is 53.7 Å². The highest BCUT2D eigenvalue weighted by Gasteiger charge is 2.20. The quantitative estimate of drug-likeness (QED) is 0.933. The summed E-state index contributed by atoms with van der Waals surface area (Å²) in [7, 11) is 0. The molecule has 1 N–H and O–H groups in total. The second kappa shape index (κ2) is 7.12. The molecule has 0 unspecified atom stereocenters. The van der Waals surface area contributed by atoms with E-state index in [-0.39, 0.29) is 18.4 Å². The van der Waals surface area contributed by atoms with Crippen LogP contribution in [0, 0.1) is 0 Å². The van der Waals surface area contributed by atoms with Gasteiger partial charge in [-0.25, -0.2) is 4.98 Å². The second-order valence-corrected chi connectivity index (χ2v) is 5.69. The number of aromatic nitrogens is 1. The normalized spacial score (nSPS) is 13.1. The minimum absolute atomic E-state index is 0.0470. The van der Waals surface area contributed by atoms with Gasteiger partial charge in [0.1, 0.15) is 0 Å². The number of hydrogen-bond donors (Lipinski definition) is 1. The maximum Gasteiger partial charge on any atom is 0.260 e. The fourth-order valence-corrected chi connectivity index (χ4v) is 2.68. The van der Waals surface area contributed by atoms with Crippen LogP contribution in [0.1, 0.15) is 18.1 Å². The third-order valence-corrected chi connectivity index (χ3v) is 3.88. The number of rotatable bonds is 4. The van der Waals surface area contributed by atoms with Gasteiger partial charge in [-0.05, 0) is 23.6 Å². The Balaban J connectivity index is 1.53. The average molecular weight is 325 g/mol. The number of carbonyl (C=O) groups excluding carboxylic acids is 2. The van der Waals surface area contributed by atoms with Gasteiger partial charge in [-0.2, -0.15) is 0 Å². The Hall–Kier alpha value is -2.89. The lowest BCUT2D eigenvalue weighted by Gasteiger charge is -2.28. The molecule has 2 amide bonds. The van der Waals surface area contributed by atoms with Crippen LogP contribution in [0.15, 0.2) is 42.6 Å². The number of nitrogens with one attached hydrogen (secondary N) is 1. The predicted octanol–water partition coefficient (Wildman–Crippen LogP) is 2.00. The van der Waals surface area contributed by atoms with E-state index in [2.05, 4.69) is 22.4 Å². The van der Waals surface area contributed by atoms with Crippen LogP contribution in [0.4, 0.5) is 5.69 Å². The Morgan fingerprint density at radius 3 is 2.71 bits per heavy atom. The molecule has 6 nitrogen and oxygen atoms in total. The zero-order valence-electron chi connectivity index (χ0n) is 13.5. The number of anilines is 1.